The van der Waals surface area contributed by atoms with Crippen LogP contribution in [0.2, 0.25) is 0 Å². The van der Waals surface area contributed by atoms with E-state index in [1.54, 1.807) is 19.1 Å². The van der Waals surface area contributed by atoms with Crippen molar-refractivity contribution in [2.45, 2.75) is 24.2 Å². The van der Waals surface area contributed by atoms with Gasteiger partial charge < -0.3 is 5.11 Å². The van der Waals surface area contributed by atoms with Gasteiger partial charge in [0.1, 0.15) is 5.25 Å². The minimum atomic E-state index is -1.90. The molecule has 0 spiro atoms. The summed E-state index contributed by atoms with van der Waals surface area (Å²) in [5.74, 6) is -0.911. The van der Waals surface area contributed by atoms with E-state index in [1.807, 2.05) is 6.07 Å². The molecule has 2 unspecified atom stereocenters. The highest BCUT2D eigenvalue weighted by molar-refractivity contribution is 14.1. The summed E-state index contributed by atoms with van der Waals surface area (Å²) in [6.45, 7) is 1.93. The fourth-order valence-corrected chi connectivity index (χ4v) is 4.49. The number of hydrogen-bond acceptors (Lipinski definition) is 5. The summed E-state index contributed by atoms with van der Waals surface area (Å²) in [6, 6.07) is 5.36. The quantitative estimate of drug-likeness (QED) is 0.742. The molecule has 1 heterocycles. The predicted molar refractivity (Wildman–Crippen MR) is 85.9 cm³/mol. The largest absolute Gasteiger partial charge is 0.376 e. The summed E-state index contributed by atoms with van der Waals surface area (Å²) in [5.41, 5.74) is -0.729. The monoisotopic (exact) mass is 417 g/mol. The molecule has 1 fully saturated rings. The number of rotatable bonds is 2. The Morgan fingerprint density at radius 2 is 2.14 bits per heavy atom. The lowest BCUT2D eigenvalue weighted by Crippen LogP contribution is -2.47. The molecule has 2 atom stereocenters. The molecule has 110 valence electrons. The van der Waals surface area contributed by atoms with Gasteiger partial charge in [-0.3, -0.25) is 19.3 Å². The average Bonchev–Trinajstić information content (AvgIpc) is 2.87. The van der Waals surface area contributed by atoms with E-state index >= 15 is 0 Å². The molecule has 2 aliphatic rings. The number of carbonyl (C=O) groups is 3. The Morgan fingerprint density at radius 3 is 2.76 bits per heavy atom. The van der Waals surface area contributed by atoms with Gasteiger partial charge in [0.15, 0.2) is 11.4 Å². The minimum absolute atomic E-state index is 0.0907. The molecule has 1 aliphatic heterocycles. The SMILES string of the molecule is CCN1C(=O)SC(C2(O)C(=O)Cc3ccc(I)cc32)C1=O. The summed E-state index contributed by atoms with van der Waals surface area (Å²) in [7, 11) is 0. The van der Waals surface area contributed by atoms with Crippen LogP contribution in [0, 0.1) is 3.57 Å². The molecule has 1 N–H and O–H groups in total. The molecule has 2 amide bonds. The number of ketones is 1. The van der Waals surface area contributed by atoms with E-state index in [9.17, 15) is 19.5 Å². The fraction of sp³-hybridized carbons (Fsp3) is 0.357. The first-order valence-corrected chi connectivity index (χ1v) is 8.42. The molecule has 1 aromatic carbocycles. The normalized spacial score (nSPS) is 28.4. The first kappa shape index (κ1) is 15.0. The summed E-state index contributed by atoms with van der Waals surface area (Å²) < 4.78 is 0.869. The maximum Gasteiger partial charge on any atom is 0.289 e. The van der Waals surface area contributed by atoms with Crippen LogP contribution < -0.4 is 0 Å². The number of amides is 2. The molecule has 3 rings (SSSR count). The first-order valence-electron chi connectivity index (χ1n) is 6.46. The highest BCUT2D eigenvalue weighted by Crippen LogP contribution is 2.45. The fourth-order valence-electron chi connectivity index (χ4n) is 2.80. The molecule has 1 aliphatic carbocycles. The van der Waals surface area contributed by atoms with E-state index in [0.717, 1.165) is 25.8 Å². The van der Waals surface area contributed by atoms with Crippen molar-refractivity contribution in [2.24, 2.45) is 0 Å². The van der Waals surface area contributed by atoms with E-state index in [-0.39, 0.29) is 13.0 Å². The molecule has 0 bridgehead atoms. The molecule has 5 nitrogen and oxygen atoms in total. The topological polar surface area (TPSA) is 74.7 Å². The highest BCUT2D eigenvalue weighted by atomic mass is 127. The van der Waals surface area contributed by atoms with Gasteiger partial charge >= 0.3 is 0 Å². The standard InChI is InChI=1S/C14H12INO4S/c1-2-16-12(18)11(21-13(16)19)14(20)9-6-8(15)4-3-7(9)5-10(14)17/h3-4,6,11,20H,2,5H2,1H3. The van der Waals surface area contributed by atoms with Crippen molar-refractivity contribution in [1.29, 1.82) is 0 Å². The Labute approximate surface area is 139 Å². The van der Waals surface area contributed by atoms with Crippen LogP contribution in [0.3, 0.4) is 0 Å². The number of aliphatic hydroxyl groups is 1. The Hall–Kier alpha value is -0.930. The van der Waals surface area contributed by atoms with Gasteiger partial charge in [-0.1, -0.05) is 6.07 Å². The van der Waals surface area contributed by atoms with Crippen LogP contribution >= 0.6 is 34.4 Å². The van der Waals surface area contributed by atoms with E-state index in [2.05, 4.69) is 22.6 Å². The Morgan fingerprint density at radius 1 is 1.43 bits per heavy atom. The van der Waals surface area contributed by atoms with E-state index in [1.165, 1.54) is 0 Å². The van der Waals surface area contributed by atoms with Crippen molar-refractivity contribution in [3.05, 3.63) is 32.9 Å². The van der Waals surface area contributed by atoms with Crippen LogP contribution in [0.1, 0.15) is 18.1 Å². The number of fused-ring (bicyclic) bond motifs is 1. The van der Waals surface area contributed by atoms with Crippen molar-refractivity contribution >= 4 is 51.3 Å². The lowest BCUT2D eigenvalue weighted by molar-refractivity contribution is -0.143. The van der Waals surface area contributed by atoms with Crippen LogP contribution in [0.15, 0.2) is 18.2 Å². The molecular formula is C14H12INO4S. The van der Waals surface area contributed by atoms with Gasteiger partial charge in [-0.15, -0.1) is 0 Å². The summed E-state index contributed by atoms with van der Waals surface area (Å²) in [5, 5.41) is 9.47. The van der Waals surface area contributed by atoms with Crippen molar-refractivity contribution < 1.29 is 19.5 Å². The van der Waals surface area contributed by atoms with Gasteiger partial charge in [-0.2, -0.15) is 0 Å². The maximum absolute atomic E-state index is 12.4. The maximum atomic E-state index is 12.4. The van der Waals surface area contributed by atoms with E-state index < -0.39 is 27.8 Å². The second kappa shape index (κ2) is 5.06. The number of thioether (sulfide) groups is 1. The lowest BCUT2D eigenvalue weighted by Gasteiger charge is -2.26. The zero-order valence-corrected chi connectivity index (χ0v) is 14.1. The third-order valence-electron chi connectivity index (χ3n) is 3.88. The number of Topliss-reactive ketones (excluding diaryl/α,β-unsaturated/α-hetero) is 1. The zero-order valence-electron chi connectivity index (χ0n) is 11.1. The first-order chi connectivity index (χ1) is 9.89. The molecule has 0 radical (unpaired) electrons. The van der Waals surface area contributed by atoms with Crippen molar-refractivity contribution in [3.63, 3.8) is 0 Å². The Kier molecular flexibility index (Phi) is 3.61. The number of imide groups is 1. The second-order valence-corrected chi connectivity index (χ2v) is 7.32. The molecular weight excluding hydrogens is 405 g/mol. The predicted octanol–water partition coefficient (Wildman–Crippen LogP) is 1.69. The van der Waals surface area contributed by atoms with Crippen LogP contribution in [0.4, 0.5) is 4.79 Å². The summed E-state index contributed by atoms with van der Waals surface area (Å²) in [6.07, 6.45) is 0.0907. The number of nitrogens with zero attached hydrogens (tertiary/aromatic N) is 1. The van der Waals surface area contributed by atoms with Gasteiger partial charge in [0.25, 0.3) is 5.24 Å². The van der Waals surface area contributed by atoms with Gasteiger partial charge in [0.2, 0.25) is 5.91 Å². The molecule has 1 saturated heterocycles. The molecule has 0 aromatic heterocycles. The zero-order chi connectivity index (χ0) is 15.4. The van der Waals surface area contributed by atoms with Crippen LogP contribution in [0.25, 0.3) is 0 Å². The molecule has 0 saturated carbocycles. The Bertz CT molecular complexity index is 677. The highest BCUT2D eigenvalue weighted by Gasteiger charge is 2.58. The third kappa shape index (κ3) is 2.05. The summed E-state index contributed by atoms with van der Waals surface area (Å²) >= 11 is 2.83. The summed E-state index contributed by atoms with van der Waals surface area (Å²) in [4.78, 5) is 37.6. The van der Waals surface area contributed by atoms with Gasteiger partial charge in [-0.25, -0.2) is 0 Å². The van der Waals surface area contributed by atoms with Crippen LogP contribution in [-0.2, 0) is 21.6 Å². The number of hydrogen-bond donors (Lipinski definition) is 1. The van der Waals surface area contributed by atoms with Crippen LogP contribution in [-0.4, -0.2) is 38.7 Å². The van der Waals surface area contributed by atoms with E-state index in [4.69, 9.17) is 0 Å². The number of benzene rings is 1. The molecule has 1 aromatic rings. The average molecular weight is 417 g/mol. The van der Waals surface area contributed by atoms with Gasteiger partial charge in [0.05, 0.1) is 0 Å². The van der Waals surface area contributed by atoms with E-state index in [0.29, 0.717) is 5.56 Å². The van der Waals surface area contributed by atoms with Crippen molar-refractivity contribution in [1.82, 2.24) is 4.90 Å². The van der Waals surface area contributed by atoms with Gasteiger partial charge in [0, 0.05) is 16.5 Å². The van der Waals surface area contributed by atoms with Crippen molar-refractivity contribution in [3.8, 4) is 0 Å². The molecule has 7 heteroatoms. The lowest BCUT2D eigenvalue weighted by atomic mass is 9.90. The van der Waals surface area contributed by atoms with Crippen molar-refractivity contribution in [2.75, 3.05) is 6.54 Å². The van der Waals surface area contributed by atoms with Gasteiger partial charge in [-0.05, 0) is 64.5 Å². The van der Waals surface area contributed by atoms with Crippen LogP contribution in [0.5, 0.6) is 0 Å². The smallest absolute Gasteiger partial charge is 0.289 e. The minimum Gasteiger partial charge on any atom is -0.376 e. The number of halogens is 1. The Balaban J connectivity index is 2.10. The third-order valence-corrected chi connectivity index (χ3v) is 5.76. The molecule has 21 heavy (non-hydrogen) atoms. The number of carbonyl (C=O) groups excluding carboxylic acids is 3. The second-order valence-electron chi connectivity index (χ2n) is 5.01.